The van der Waals surface area contributed by atoms with E-state index >= 15 is 0 Å². The number of sulfonamides is 1. The number of hydrogen-bond acceptors (Lipinski definition) is 4. The molecule has 1 amide bonds. The lowest BCUT2D eigenvalue weighted by Crippen LogP contribution is -2.26. The second-order valence-electron chi connectivity index (χ2n) is 7.69. The number of hydrogen-bond donors (Lipinski definition) is 2. The van der Waals surface area contributed by atoms with Gasteiger partial charge in [0.15, 0.2) is 0 Å². The lowest BCUT2D eigenvalue weighted by molar-refractivity contribution is -0.114. The zero-order chi connectivity index (χ0) is 23.4. The highest BCUT2D eigenvalue weighted by Crippen LogP contribution is 2.24. The molecule has 0 aliphatic rings. The molecule has 0 saturated heterocycles. The van der Waals surface area contributed by atoms with Crippen LogP contribution in [0.3, 0.4) is 0 Å². The van der Waals surface area contributed by atoms with E-state index in [1.54, 1.807) is 36.8 Å². The Bertz CT molecular complexity index is 1330. The van der Waals surface area contributed by atoms with E-state index in [0.717, 1.165) is 22.4 Å². The highest BCUT2D eigenvalue weighted by Gasteiger charge is 2.18. The molecule has 0 aliphatic carbocycles. The van der Waals surface area contributed by atoms with Crippen molar-refractivity contribution in [2.45, 2.75) is 24.8 Å². The van der Waals surface area contributed by atoms with Crippen molar-refractivity contribution in [2.75, 3.05) is 5.32 Å². The molecule has 0 fully saturated rings. The number of anilines is 1. The lowest BCUT2D eigenvalue weighted by atomic mass is 10.1. The van der Waals surface area contributed by atoms with Gasteiger partial charge < -0.3 is 9.88 Å². The van der Waals surface area contributed by atoms with Crippen LogP contribution in [0.2, 0.25) is 0 Å². The summed E-state index contributed by atoms with van der Waals surface area (Å²) in [5.74, 6) is -0.131. The molecule has 0 radical (unpaired) electrons. The van der Waals surface area contributed by atoms with Crippen molar-refractivity contribution in [1.82, 2.24) is 14.3 Å². The van der Waals surface area contributed by atoms with Crippen LogP contribution in [-0.2, 0) is 14.8 Å². The van der Waals surface area contributed by atoms with Crippen molar-refractivity contribution in [3.63, 3.8) is 0 Å². The van der Waals surface area contributed by atoms with Gasteiger partial charge in [-0.3, -0.25) is 4.79 Å². The Morgan fingerprint density at radius 1 is 0.909 bits per heavy atom. The minimum atomic E-state index is -3.69. The highest BCUT2D eigenvalue weighted by molar-refractivity contribution is 7.89. The van der Waals surface area contributed by atoms with Crippen molar-refractivity contribution in [1.29, 1.82) is 0 Å². The lowest BCUT2D eigenvalue weighted by Gasteiger charge is -2.16. The fourth-order valence-electron chi connectivity index (χ4n) is 3.49. The van der Waals surface area contributed by atoms with E-state index in [2.05, 4.69) is 15.0 Å². The van der Waals surface area contributed by atoms with Gasteiger partial charge in [0.1, 0.15) is 0 Å². The van der Waals surface area contributed by atoms with E-state index in [4.69, 9.17) is 0 Å². The molecule has 1 heterocycles. The minimum Gasteiger partial charge on any atom is -0.326 e. The summed E-state index contributed by atoms with van der Waals surface area (Å²) in [5, 5.41) is 2.72. The zero-order valence-corrected chi connectivity index (χ0v) is 19.1. The van der Waals surface area contributed by atoms with Gasteiger partial charge in [-0.2, -0.15) is 0 Å². The predicted octanol–water partition coefficient (Wildman–Crippen LogP) is 4.54. The molecule has 1 aromatic heterocycles. The van der Waals surface area contributed by atoms with E-state index in [-0.39, 0.29) is 10.8 Å². The predicted molar refractivity (Wildman–Crippen MR) is 128 cm³/mol. The Balaban J connectivity index is 1.45. The first-order valence-corrected chi connectivity index (χ1v) is 11.9. The van der Waals surface area contributed by atoms with E-state index in [0.29, 0.717) is 5.69 Å². The number of rotatable bonds is 7. The first-order chi connectivity index (χ1) is 15.8. The molecule has 2 N–H and O–H groups in total. The SMILES string of the molecule is CC(=O)Nc1ccc(-c2ccc(S(=O)(=O)N[C@@H](C)c3ccc(-n4ccnc4)cc3)cc2)cc1. The van der Waals surface area contributed by atoms with E-state index < -0.39 is 16.1 Å². The molecule has 3 aromatic carbocycles. The maximum atomic E-state index is 12.9. The summed E-state index contributed by atoms with van der Waals surface area (Å²) in [4.78, 5) is 15.4. The largest absolute Gasteiger partial charge is 0.326 e. The van der Waals surface area contributed by atoms with Crippen molar-refractivity contribution in [3.8, 4) is 16.8 Å². The molecular formula is C25H24N4O3S. The molecule has 0 spiro atoms. The van der Waals surface area contributed by atoms with Gasteiger partial charge in [0.25, 0.3) is 0 Å². The van der Waals surface area contributed by atoms with Crippen LogP contribution in [0, 0.1) is 0 Å². The molecule has 33 heavy (non-hydrogen) atoms. The van der Waals surface area contributed by atoms with Crippen LogP contribution < -0.4 is 10.0 Å². The molecule has 0 unspecified atom stereocenters. The van der Waals surface area contributed by atoms with Crippen molar-refractivity contribution in [2.24, 2.45) is 0 Å². The first kappa shape index (κ1) is 22.4. The number of aromatic nitrogens is 2. The second kappa shape index (κ2) is 9.40. The highest BCUT2D eigenvalue weighted by atomic mass is 32.2. The van der Waals surface area contributed by atoms with Gasteiger partial charge in [-0.15, -0.1) is 0 Å². The van der Waals surface area contributed by atoms with E-state index in [1.165, 1.54) is 6.92 Å². The summed E-state index contributed by atoms with van der Waals surface area (Å²) in [6.07, 6.45) is 5.27. The van der Waals surface area contributed by atoms with Gasteiger partial charge in [-0.1, -0.05) is 36.4 Å². The van der Waals surface area contributed by atoms with Crippen LogP contribution in [0.15, 0.2) is 96.4 Å². The summed E-state index contributed by atoms with van der Waals surface area (Å²) >= 11 is 0. The topological polar surface area (TPSA) is 93.1 Å². The van der Waals surface area contributed by atoms with Crippen LogP contribution in [0.4, 0.5) is 5.69 Å². The van der Waals surface area contributed by atoms with Crippen molar-refractivity contribution >= 4 is 21.6 Å². The summed E-state index contributed by atoms with van der Waals surface area (Å²) in [7, 11) is -3.69. The summed E-state index contributed by atoms with van der Waals surface area (Å²) in [5.41, 5.74) is 4.32. The number of carbonyl (C=O) groups is 1. The van der Waals surface area contributed by atoms with Gasteiger partial charge >= 0.3 is 0 Å². The second-order valence-corrected chi connectivity index (χ2v) is 9.40. The van der Waals surface area contributed by atoms with Gasteiger partial charge in [-0.25, -0.2) is 18.1 Å². The van der Waals surface area contributed by atoms with Crippen LogP contribution in [0.1, 0.15) is 25.5 Å². The third kappa shape index (κ3) is 5.36. The molecule has 8 heteroatoms. The number of imidazole rings is 1. The van der Waals surface area contributed by atoms with Crippen LogP contribution in [0.5, 0.6) is 0 Å². The number of nitrogens with one attached hydrogen (secondary N) is 2. The third-order valence-electron chi connectivity index (χ3n) is 5.23. The molecule has 0 saturated carbocycles. The average molecular weight is 461 g/mol. The number of carbonyl (C=O) groups excluding carboxylic acids is 1. The van der Waals surface area contributed by atoms with E-state index in [1.807, 2.05) is 66.2 Å². The Kier molecular flexibility index (Phi) is 6.39. The molecule has 7 nitrogen and oxygen atoms in total. The maximum absolute atomic E-state index is 12.9. The number of nitrogens with zero attached hydrogens (tertiary/aromatic N) is 2. The Labute approximate surface area is 193 Å². The Morgan fingerprint density at radius 3 is 2.06 bits per heavy atom. The summed E-state index contributed by atoms with van der Waals surface area (Å²) in [6, 6.07) is 21.3. The fourth-order valence-corrected chi connectivity index (χ4v) is 4.72. The normalized spacial score (nSPS) is 12.3. The van der Waals surface area contributed by atoms with Crippen LogP contribution in [-0.4, -0.2) is 23.9 Å². The molecule has 4 rings (SSSR count). The van der Waals surface area contributed by atoms with Gasteiger partial charge in [0.05, 0.1) is 11.2 Å². The maximum Gasteiger partial charge on any atom is 0.241 e. The van der Waals surface area contributed by atoms with Crippen LogP contribution in [0.25, 0.3) is 16.8 Å². The standard InChI is InChI=1S/C25H24N4O3S/c1-18(20-5-11-24(12-6-20)29-16-15-26-17-29)28-33(31,32)25-13-7-22(8-14-25)21-3-9-23(10-4-21)27-19(2)30/h3-18,28H,1-2H3,(H,27,30)/t18-/m0/s1. The smallest absolute Gasteiger partial charge is 0.241 e. The number of amides is 1. The quantitative estimate of drug-likeness (QED) is 0.424. The number of benzene rings is 3. The Morgan fingerprint density at radius 2 is 1.52 bits per heavy atom. The van der Waals surface area contributed by atoms with Crippen molar-refractivity contribution in [3.05, 3.63) is 97.1 Å². The summed E-state index contributed by atoms with van der Waals surface area (Å²) < 4.78 is 30.4. The molecular weight excluding hydrogens is 436 g/mol. The van der Waals surface area contributed by atoms with Gasteiger partial charge in [0, 0.05) is 36.7 Å². The minimum absolute atomic E-state index is 0.131. The summed E-state index contributed by atoms with van der Waals surface area (Å²) in [6.45, 7) is 3.27. The van der Waals surface area contributed by atoms with E-state index in [9.17, 15) is 13.2 Å². The third-order valence-corrected chi connectivity index (χ3v) is 6.79. The fraction of sp³-hybridized carbons (Fsp3) is 0.120. The molecule has 0 bridgehead atoms. The van der Waals surface area contributed by atoms with Gasteiger partial charge in [0.2, 0.25) is 15.9 Å². The zero-order valence-electron chi connectivity index (χ0n) is 18.3. The average Bonchev–Trinajstić information content (AvgIpc) is 3.34. The molecule has 4 aromatic rings. The van der Waals surface area contributed by atoms with Crippen molar-refractivity contribution < 1.29 is 13.2 Å². The Hall–Kier alpha value is -3.75. The molecule has 168 valence electrons. The molecule has 1 atom stereocenters. The molecule has 0 aliphatic heterocycles. The monoisotopic (exact) mass is 460 g/mol. The van der Waals surface area contributed by atoms with Gasteiger partial charge in [-0.05, 0) is 60.0 Å². The first-order valence-electron chi connectivity index (χ1n) is 10.4. The van der Waals surface area contributed by atoms with Crippen LogP contribution >= 0.6 is 0 Å².